The van der Waals surface area contributed by atoms with Gasteiger partial charge in [-0.15, -0.1) is 0 Å². The predicted octanol–water partition coefficient (Wildman–Crippen LogP) is 3.79. The zero-order chi connectivity index (χ0) is 14.5. The molecule has 1 N–H and O–H groups in total. The number of benzene rings is 1. The van der Waals surface area contributed by atoms with Crippen molar-refractivity contribution in [2.24, 2.45) is 11.8 Å². The summed E-state index contributed by atoms with van der Waals surface area (Å²) in [6, 6.07) is 7.52. The third-order valence-corrected chi connectivity index (χ3v) is 4.58. The molecule has 0 aromatic heterocycles. The van der Waals surface area contributed by atoms with Crippen LogP contribution >= 0.6 is 0 Å². The van der Waals surface area contributed by atoms with Crippen molar-refractivity contribution in [2.45, 2.75) is 44.9 Å². The second-order valence-corrected chi connectivity index (χ2v) is 6.49. The van der Waals surface area contributed by atoms with Crippen molar-refractivity contribution in [1.29, 1.82) is 0 Å². The van der Waals surface area contributed by atoms with Gasteiger partial charge < -0.3 is 10.1 Å². The highest BCUT2D eigenvalue weighted by Crippen LogP contribution is 2.29. The van der Waals surface area contributed by atoms with Crippen LogP contribution in [0.5, 0.6) is 5.75 Å². The molecule has 0 atom stereocenters. The van der Waals surface area contributed by atoms with E-state index in [0.717, 1.165) is 30.4 Å². The summed E-state index contributed by atoms with van der Waals surface area (Å²) in [7, 11) is 0. The Morgan fingerprint density at radius 3 is 2.38 bits per heavy atom. The summed E-state index contributed by atoms with van der Waals surface area (Å²) in [5, 5.41) is 3.07. The summed E-state index contributed by atoms with van der Waals surface area (Å²) in [5.74, 6) is 2.33. The number of carbonyl (C=O) groups excluding carboxylic acids is 1. The van der Waals surface area contributed by atoms with Crippen molar-refractivity contribution in [3.8, 4) is 5.75 Å². The highest BCUT2D eigenvalue weighted by atomic mass is 16.5. The van der Waals surface area contributed by atoms with E-state index in [1.165, 1.54) is 44.9 Å². The number of rotatable bonds is 6. The van der Waals surface area contributed by atoms with Gasteiger partial charge in [-0.2, -0.15) is 0 Å². The fraction of sp³-hybridized carbons (Fsp3) is 0.611. The van der Waals surface area contributed by atoms with Crippen molar-refractivity contribution in [3.63, 3.8) is 0 Å². The van der Waals surface area contributed by atoms with Gasteiger partial charge in [0.05, 0.1) is 6.61 Å². The third kappa shape index (κ3) is 4.48. The van der Waals surface area contributed by atoms with Gasteiger partial charge in [0.1, 0.15) is 5.75 Å². The summed E-state index contributed by atoms with van der Waals surface area (Å²) >= 11 is 0. The van der Waals surface area contributed by atoms with Crippen LogP contribution in [0.3, 0.4) is 0 Å². The third-order valence-electron chi connectivity index (χ3n) is 4.58. The number of carbonyl (C=O) groups is 1. The van der Waals surface area contributed by atoms with Crippen LogP contribution in [0.2, 0.25) is 0 Å². The predicted molar refractivity (Wildman–Crippen MR) is 83.6 cm³/mol. The summed E-state index contributed by atoms with van der Waals surface area (Å²) in [4.78, 5) is 12.1. The lowest BCUT2D eigenvalue weighted by Gasteiger charge is -2.21. The van der Waals surface area contributed by atoms with Crippen LogP contribution in [-0.2, 0) is 0 Å². The minimum atomic E-state index is 0.0364. The fourth-order valence-electron chi connectivity index (χ4n) is 2.93. The van der Waals surface area contributed by atoms with Gasteiger partial charge in [0, 0.05) is 12.1 Å². The zero-order valence-corrected chi connectivity index (χ0v) is 12.6. The van der Waals surface area contributed by atoms with Crippen molar-refractivity contribution in [1.82, 2.24) is 5.32 Å². The van der Waals surface area contributed by atoms with Gasteiger partial charge in [0.15, 0.2) is 0 Å². The standard InChI is InChI=1S/C18H25NO2/c20-18(19-12-14-4-2-1-3-5-14)16-8-10-17(11-9-16)21-13-15-6-7-15/h8-11,14-15H,1-7,12-13H2,(H,19,20). The molecule has 3 heteroatoms. The van der Waals surface area contributed by atoms with Crippen molar-refractivity contribution < 1.29 is 9.53 Å². The molecule has 2 saturated carbocycles. The molecule has 0 heterocycles. The largest absolute Gasteiger partial charge is 0.493 e. The molecule has 0 spiro atoms. The van der Waals surface area contributed by atoms with E-state index >= 15 is 0 Å². The number of hydrogen-bond donors (Lipinski definition) is 1. The van der Waals surface area contributed by atoms with Crippen molar-refractivity contribution >= 4 is 5.91 Å². The van der Waals surface area contributed by atoms with E-state index in [0.29, 0.717) is 5.92 Å². The fourth-order valence-corrected chi connectivity index (χ4v) is 2.93. The first-order valence-corrected chi connectivity index (χ1v) is 8.32. The second-order valence-electron chi connectivity index (χ2n) is 6.49. The lowest BCUT2D eigenvalue weighted by atomic mass is 9.89. The molecular weight excluding hydrogens is 262 g/mol. The van der Waals surface area contributed by atoms with Crippen LogP contribution in [0.1, 0.15) is 55.3 Å². The van der Waals surface area contributed by atoms with E-state index in [4.69, 9.17) is 4.74 Å². The Hall–Kier alpha value is -1.51. The molecule has 0 unspecified atom stereocenters. The lowest BCUT2D eigenvalue weighted by Crippen LogP contribution is -2.30. The van der Waals surface area contributed by atoms with Crippen LogP contribution in [0.15, 0.2) is 24.3 Å². The maximum atomic E-state index is 12.1. The highest BCUT2D eigenvalue weighted by Gasteiger charge is 2.21. The molecule has 0 radical (unpaired) electrons. The van der Waals surface area contributed by atoms with Crippen molar-refractivity contribution in [2.75, 3.05) is 13.2 Å². The van der Waals surface area contributed by atoms with Crippen LogP contribution in [-0.4, -0.2) is 19.1 Å². The quantitative estimate of drug-likeness (QED) is 0.864. The second kappa shape index (κ2) is 6.97. The molecule has 0 bridgehead atoms. The number of nitrogens with one attached hydrogen (secondary N) is 1. The van der Waals surface area contributed by atoms with Crippen LogP contribution < -0.4 is 10.1 Å². The van der Waals surface area contributed by atoms with E-state index in [2.05, 4.69) is 5.32 Å². The number of hydrogen-bond acceptors (Lipinski definition) is 2. The molecular formula is C18H25NO2. The van der Waals surface area contributed by atoms with Gasteiger partial charge in [-0.3, -0.25) is 4.79 Å². The average molecular weight is 287 g/mol. The van der Waals surface area contributed by atoms with E-state index in [-0.39, 0.29) is 5.91 Å². The highest BCUT2D eigenvalue weighted by molar-refractivity contribution is 5.94. The van der Waals surface area contributed by atoms with Crippen molar-refractivity contribution in [3.05, 3.63) is 29.8 Å². The molecule has 1 amide bonds. The Labute approximate surface area is 127 Å². The molecule has 3 nitrogen and oxygen atoms in total. The summed E-state index contributed by atoms with van der Waals surface area (Å²) in [6.45, 7) is 1.63. The Balaban J connectivity index is 1.44. The van der Waals surface area contributed by atoms with Crippen LogP contribution in [0.4, 0.5) is 0 Å². The summed E-state index contributed by atoms with van der Waals surface area (Å²) in [5.41, 5.74) is 0.726. The number of amides is 1. The van der Waals surface area contributed by atoms with E-state index in [9.17, 15) is 4.79 Å². The van der Waals surface area contributed by atoms with E-state index < -0.39 is 0 Å². The molecule has 0 aliphatic heterocycles. The van der Waals surface area contributed by atoms with Crippen LogP contribution in [0, 0.1) is 11.8 Å². The van der Waals surface area contributed by atoms with Gasteiger partial charge in [0.25, 0.3) is 5.91 Å². The first-order chi connectivity index (χ1) is 10.3. The summed E-state index contributed by atoms with van der Waals surface area (Å²) < 4.78 is 5.69. The van der Waals surface area contributed by atoms with E-state index in [1.54, 1.807) is 0 Å². The Morgan fingerprint density at radius 2 is 1.71 bits per heavy atom. The zero-order valence-electron chi connectivity index (χ0n) is 12.6. The molecule has 2 aliphatic rings. The van der Waals surface area contributed by atoms with Gasteiger partial charge in [-0.25, -0.2) is 0 Å². The minimum Gasteiger partial charge on any atom is -0.493 e. The average Bonchev–Trinajstić information content (AvgIpc) is 3.36. The summed E-state index contributed by atoms with van der Waals surface area (Å²) in [6.07, 6.45) is 9.08. The monoisotopic (exact) mass is 287 g/mol. The first kappa shape index (κ1) is 14.4. The molecule has 2 aliphatic carbocycles. The SMILES string of the molecule is O=C(NCC1CCCCC1)c1ccc(OCC2CC2)cc1. The number of ether oxygens (including phenoxy) is 1. The minimum absolute atomic E-state index is 0.0364. The van der Waals surface area contributed by atoms with Gasteiger partial charge in [-0.1, -0.05) is 19.3 Å². The lowest BCUT2D eigenvalue weighted by molar-refractivity contribution is 0.0943. The Bertz CT molecular complexity index is 459. The van der Waals surface area contributed by atoms with Gasteiger partial charge in [-0.05, 0) is 61.8 Å². The van der Waals surface area contributed by atoms with Gasteiger partial charge in [0.2, 0.25) is 0 Å². The van der Waals surface area contributed by atoms with Gasteiger partial charge >= 0.3 is 0 Å². The molecule has 21 heavy (non-hydrogen) atoms. The Kier molecular flexibility index (Phi) is 4.79. The molecule has 1 aromatic carbocycles. The Morgan fingerprint density at radius 1 is 1.00 bits per heavy atom. The topological polar surface area (TPSA) is 38.3 Å². The maximum Gasteiger partial charge on any atom is 0.251 e. The molecule has 114 valence electrons. The molecule has 3 rings (SSSR count). The first-order valence-electron chi connectivity index (χ1n) is 8.32. The molecule has 2 fully saturated rings. The smallest absolute Gasteiger partial charge is 0.251 e. The molecule has 1 aromatic rings. The normalized spacial score (nSPS) is 19.2. The molecule has 0 saturated heterocycles. The maximum absolute atomic E-state index is 12.1. The van der Waals surface area contributed by atoms with E-state index in [1.807, 2.05) is 24.3 Å². The van der Waals surface area contributed by atoms with Crippen LogP contribution in [0.25, 0.3) is 0 Å².